The SMILES string of the molecule is CCOC(=O)NCCN/C=C(/C#N)C(=O)Nc1ccc(Cl)cc1. The van der Waals surface area contributed by atoms with Gasteiger partial charge in [0, 0.05) is 30.0 Å². The van der Waals surface area contributed by atoms with Gasteiger partial charge < -0.3 is 20.7 Å². The van der Waals surface area contributed by atoms with Crippen molar-refractivity contribution >= 4 is 29.3 Å². The van der Waals surface area contributed by atoms with Gasteiger partial charge in [0.2, 0.25) is 0 Å². The summed E-state index contributed by atoms with van der Waals surface area (Å²) < 4.78 is 4.68. The number of anilines is 1. The number of ether oxygens (including phenoxy) is 1. The summed E-state index contributed by atoms with van der Waals surface area (Å²) in [6.07, 6.45) is 0.775. The van der Waals surface area contributed by atoms with Crippen LogP contribution in [0.2, 0.25) is 5.02 Å². The highest BCUT2D eigenvalue weighted by molar-refractivity contribution is 6.30. The van der Waals surface area contributed by atoms with E-state index < -0.39 is 12.0 Å². The summed E-state index contributed by atoms with van der Waals surface area (Å²) in [6, 6.07) is 8.33. The quantitative estimate of drug-likeness (QED) is 0.401. The number of hydrogen-bond donors (Lipinski definition) is 3. The third-order valence-corrected chi connectivity index (χ3v) is 2.78. The first-order valence-electron chi connectivity index (χ1n) is 6.88. The van der Waals surface area contributed by atoms with Crippen LogP contribution in [0.15, 0.2) is 36.0 Å². The topological polar surface area (TPSA) is 103 Å². The van der Waals surface area contributed by atoms with Gasteiger partial charge in [0.15, 0.2) is 0 Å². The van der Waals surface area contributed by atoms with Crippen LogP contribution in [0.25, 0.3) is 0 Å². The monoisotopic (exact) mass is 336 g/mol. The lowest BCUT2D eigenvalue weighted by Crippen LogP contribution is -2.31. The van der Waals surface area contributed by atoms with Crippen LogP contribution in [0.3, 0.4) is 0 Å². The Morgan fingerprint density at radius 3 is 2.61 bits per heavy atom. The van der Waals surface area contributed by atoms with E-state index in [1.807, 2.05) is 0 Å². The molecular weight excluding hydrogens is 320 g/mol. The number of carbonyl (C=O) groups is 2. The summed E-state index contributed by atoms with van der Waals surface area (Å²) in [5.41, 5.74) is 0.445. The van der Waals surface area contributed by atoms with Crippen LogP contribution >= 0.6 is 11.6 Å². The third-order valence-electron chi connectivity index (χ3n) is 2.53. The normalized spacial score (nSPS) is 10.4. The predicted octanol–water partition coefficient (Wildman–Crippen LogP) is 2.02. The standard InChI is InChI=1S/C15H17ClN4O3/c1-2-23-15(22)19-8-7-18-10-11(9-17)14(21)20-13-5-3-12(16)4-6-13/h3-6,10,18H,2,7-8H2,1H3,(H,19,22)(H,20,21)/b11-10-. The van der Waals surface area contributed by atoms with E-state index in [0.717, 1.165) is 0 Å². The summed E-state index contributed by atoms with van der Waals surface area (Å²) in [6.45, 7) is 2.65. The largest absolute Gasteiger partial charge is 0.450 e. The number of rotatable bonds is 7. The Morgan fingerprint density at radius 2 is 2.00 bits per heavy atom. The van der Waals surface area contributed by atoms with Crippen molar-refractivity contribution in [3.63, 3.8) is 0 Å². The molecule has 0 aliphatic carbocycles. The third kappa shape index (κ3) is 7.20. The fraction of sp³-hybridized carbons (Fsp3) is 0.267. The molecule has 3 N–H and O–H groups in total. The van der Waals surface area contributed by atoms with Gasteiger partial charge in [-0.25, -0.2) is 4.79 Å². The van der Waals surface area contributed by atoms with E-state index in [2.05, 4.69) is 20.7 Å². The highest BCUT2D eigenvalue weighted by atomic mass is 35.5. The van der Waals surface area contributed by atoms with Gasteiger partial charge in [-0.05, 0) is 31.2 Å². The van der Waals surface area contributed by atoms with E-state index in [-0.39, 0.29) is 5.57 Å². The minimum atomic E-state index is -0.541. The van der Waals surface area contributed by atoms with Crippen molar-refractivity contribution in [2.75, 3.05) is 25.0 Å². The van der Waals surface area contributed by atoms with Crippen LogP contribution in [0.1, 0.15) is 6.92 Å². The lowest BCUT2D eigenvalue weighted by atomic mass is 10.2. The molecule has 0 saturated carbocycles. The van der Waals surface area contributed by atoms with Gasteiger partial charge in [0.25, 0.3) is 5.91 Å². The van der Waals surface area contributed by atoms with E-state index >= 15 is 0 Å². The number of halogens is 1. The Hall–Kier alpha value is -2.72. The molecule has 0 fully saturated rings. The number of alkyl carbamates (subject to hydrolysis) is 1. The highest BCUT2D eigenvalue weighted by Gasteiger charge is 2.09. The van der Waals surface area contributed by atoms with E-state index in [9.17, 15) is 9.59 Å². The summed E-state index contributed by atoms with van der Waals surface area (Å²) >= 11 is 5.75. The molecule has 0 unspecified atom stereocenters. The zero-order chi connectivity index (χ0) is 17.1. The molecular formula is C15H17ClN4O3. The van der Waals surface area contributed by atoms with Crippen molar-refractivity contribution in [2.45, 2.75) is 6.92 Å². The van der Waals surface area contributed by atoms with Gasteiger partial charge >= 0.3 is 6.09 Å². The lowest BCUT2D eigenvalue weighted by molar-refractivity contribution is -0.112. The van der Waals surface area contributed by atoms with Crippen LogP contribution in [0.4, 0.5) is 10.5 Å². The number of hydrogen-bond acceptors (Lipinski definition) is 5. The molecule has 0 aliphatic rings. The summed E-state index contributed by atoms with van der Waals surface area (Å²) in [5.74, 6) is -0.541. The smallest absolute Gasteiger partial charge is 0.407 e. The van der Waals surface area contributed by atoms with E-state index in [1.54, 1.807) is 37.3 Å². The van der Waals surface area contributed by atoms with Crippen molar-refractivity contribution in [2.24, 2.45) is 0 Å². The maximum absolute atomic E-state index is 11.9. The Kier molecular flexibility index (Phi) is 8.03. The van der Waals surface area contributed by atoms with Gasteiger partial charge in [-0.2, -0.15) is 5.26 Å². The van der Waals surface area contributed by atoms with Gasteiger partial charge in [-0.1, -0.05) is 11.6 Å². The van der Waals surface area contributed by atoms with Crippen molar-refractivity contribution in [1.82, 2.24) is 10.6 Å². The Bertz CT molecular complexity index is 608. The molecule has 0 aromatic heterocycles. The van der Waals surface area contributed by atoms with Crippen molar-refractivity contribution in [3.05, 3.63) is 41.1 Å². The summed E-state index contributed by atoms with van der Waals surface area (Å²) in [5, 5.41) is 17.4. The number of nitrogens with zero attached hydrogens (tertiary/aromatic N) is 1. The van der Waals surface area contributed by atoms with Gasteiger partial charge in [-0.3, -0.25) is 4.79 Å². The Morgan fingerprint density at radius 1 is 1.30 bits per heavy atom. The maximum Gasteiger partial charge on any atom is 0.407 e. The fourth-order valence-electron chi connectivity index (χ4n) is 1.47. The first-order chi connectivity index (χ1) is 11.1. The Balaban J connectivity index is 2.42. The predicted molar refractivity (Wildman–Crippen MR) is 86.8 cm³/mol. The zero-order valence-electron chi connectivity index (χ0n) is 12.6. The average Bonchev–Trinajstić information content (AvgIpc) is 2.53. The van der Waals surface area contributed by atoms with Crippen molar-refractivity contribution in [3.8, 4) is 6.07 Å². The molecule has 1 aromatic rings. The molecule has 2 amide bonds. The minimum Gasteiger partial charge on any atom is -0.450 e. The first kappa shape index (κ1) is 18.3. The molecule has 1 rings (SSSR count). The molecule has 8 heteroatoms. The van der Waals surface area contributed by atoms with Gasteiger partial charge in [0.05, 0.1) is 6.61 Å². The van der Waals surface area contributed by atoms with Crippen molar-refractivity contribution < 1.29 is 14.3 Å². The number of nitriles is 1. The molecule has 122 valence electrons. The molecule has 0 saturated heterocycles. The molecule has 0 heterocycles. The van der Waals surface area contributed by atoms with Crippen LogP contribution in [-0.2, 0) is 9.53 Å². The second-order valence-corrected chi connectivity index (χ2v) is 4.67. The number of benzene rings is 1. The zero-order valence-corrected chi connectivity index (χ0v) is 13.3. The number of carbonyl (C=O) groups excluding carboxylic acids is 2. The van der Waals surface area contributed by atoms with Gasteiger partial charge in [0.1, 0.15) is 11.6 Å². The van der Waals surface area contributed by atoms with Crippen molar-refractivity contribution in [1.29, 1.82) is 5.26 Å². The molecule has 0 bridgehead atoms. The van der Waals surface area contributed by atoms with Crippen LogP contribution < -0.4 is 16.0 Å². The second kappa shape index (κ2) is 10.1. The molecule has 0 radical (unpaired) electrons. The molecule has 1 aromatic carbocycles. The van der Waals surface area contributed by atoms with Crippen LogP contribution in [-0.4, -0.2) is 31.7 Å². The number of amides is 2. The maximum atomic E-state index is 11.9. The fourth-order valence-corrected chi connectivity index (χ4v) is 1.60. The van der Waals surface area contributed by atoms with Gasteiger partial charge in [-0.15, -0.1) is 0 Å². The van der Waals surface area contributed by atoms with E-state index in [4.69, 9.17) is 16.9 Å². The molecule has 0 aliphatic heterocycles. The number of nitrogens with one attached hydrogen (secondary N) is 3. The van der Waals surface area contributed by atoms with E-state index in [0.29, 0.717) is 30.4 Å². The second-order valence-electron chi connectivity index (χ2n) is 4.23. The summed E-state index contributed by atoms with van der Waals surface area (Å²) in [7, 11) is 0. The van der Waals surface area contributed by atoms with E-state index in [1.165, 1.54) is 6.20 Å². The highest BCUT2D eigenvalue weighted by Crippen LogP contribution is 2.13. The first-order valence-corrected chi connectivity index (χ1v) is 7.25. The average molecular weight is 337 g/mol. The minimum absolute atomic E-state index is 0.0870. The Labute approximate surface area is 139 Å². The molecule has 0 spiro atoms. The van der Waals surface area contributed by atoms with Crippen LogP contribution in [0.5, 0.6) is 0 Å². The summed E-state index contributed by atoms with van der Waals surface area (Å²) in [4.78, 5) is 23.0. The van der Waals surface area contributed by atoms with Crippen LogP contribution in [0, 0.1) is 11.3 Å². The molecule has 7 nitrogen and oxygen atoms in total. The lowest BCUT2D eigenvalue weighted by Gasteiger charge is -2.06. The molecule has 23 heavy (non-hydrogen) atoms. The molecule has 0 atom stereocenters.